The van der Waals surface area contributed by atoms with E-state index in [2.05, 4.69) is 24.5 Å². The number of hydrogen-bond acceptors (Lipinski definition) is 3. The molecule has 0 bridgehead atoms. The van der Waals surface area contributed by atoms with Crippen molar-refractivity contribution in [2.75, 3.05) is 10.6 Å². The Bertz CT molecular complexity index is 811. The minimum Gasteiger partial charge on any atom is -0.326 e. The van der Waals surface area contributed by atoms with Crippen LogP contribution in [0.1, 0.15) is 49.5 Å². The third-order valence-electron chi connectivity index (χ3n) is 3.97. The van der Waals surface area contributed by atoms with Crippen LogP contribution in [0.15, 0.2) is 48.5 Å². The Hall–Kier alpha value is -2.95. The van der Waals surface area contributed by atoms with E-state index in [0.717, 1.165) is 6.42 Å². The van der Waals surface area contributed by atoms with E-state index < -0.39 is 0 Å². The molecular formula is C22H26N2O3. The van der Waals surface area contributed by atoms with Crippen molar-refractivity contribution in [1.82, 2.24) is 0 Å². The van der Waals surface area contributed by atoms with Crippen LogP contribution in [0, 0.1) is 5.92 Å². The zero-order valence-electron chi connectivity index (χ0n) is 16.0. The summed E-state index contributed by atoms with van der Waals surface area (Å²) in [6.07, 6.45) is 1.24. The highest BCUT2D eigenvalue weighted by atomic mass is 16.2. The fraction of sp³-hybridized carbons (Fsp3) is 0.318. The lowest BCUT2D eigenvalue weighted by atomic mass is 9.99. The monoisotopic (exact) mass is 366 g/mol. The number of carbonyl (C=O) groups excluding carboxylic acids is 3. The van der Waals surface area contributed by atoms with E-state index in [9.17, 15) is 14.4 Å². The SMILES string of the molecule is CC(=O)Nc1cccc(NC(=O)CCC(=O)c2ccc(CC(C)C)cc2)c1. The van der Waals surface area contributed by atoms with Gasteiger partial charge >= 0.3 is 0 Å². The molecule has 0 aliphatic carbocycles. The first-order chi connectivity index (χ1) is 12.8. The molecule has 2 rings (SSSR count). The van der Waals surface area contributed by atoms with Gasteiger partial charge < -0.3 is 10.6 Å². The number of Topliss-reactive ketones (excluding diaryl/α,β-unsaturated/α-hetero) is 1. The van der Waals surface area contributed by atoms with Crippen LogP contribution < -0.4 is 10.6 Å². The number of hydrogen-bond donors (Lipinski definition) is 2. The number of ketones is 1. The number of rotatable bonds is 8. The molecule has 0 saturated heterocycles. The minimum absolute atomic E-state index is 0.0479. The van der Waals surface area contributed by atoms with Gasteiger partial charge in [0, 0.05) is 36.7 Å². The van der Waals surface area contributed by atoms with E-state index in [1.165, 1.54) is 12.5 Å². The van der Waals surface area contributed by atoms with E-state index >= 15 is 0 Å². The lowest BCUT2D eigenvalue weighted by Gasteiger charge is -2.08. The van der Waals surface area contributed by atoms with Crippen molar-refractivity contribution in [3.8, 4) is 0 Å². The van der Waals surface area contributed by atoms with Gasteiger partial charge in [-0.1, -0.05) is 44.2 Å². The number of nitrogens with one attached hydrogen (secondary N) is 2. The van der Waals surface area contributed by atoms with Crippen LogP contribution in [0.25, 0.3) is 0 Å². The summed E-state index contributed by atoms with van der Waals surface area (Å²) in [4.78, 5) is 35.5. The highest BCUT2D eigenvalue weighted by Gasteiger charge is 2.10. The maximum atomic E-state index is 12.3. The Morgan fingerprint density at radius 2 is 1.52 bits per heavy atom. The molecule has 0 atom stereocenters. The molecule has 142 valence electrons. The third kappa shape index (κ3) is 7.05. The van der Waals surface area contributed by atoms with Crippen molar-refractivity contribution in [2.45, 2.75) is 40.0 Å². The zero-order chi connectivity index (χ0) is 19.8. The van der Waals surface area contributed by atoms with Crippen molar-refractivity contribution in [1.29, 1.82) is 0 Å². The molecule has 5 heteroatoms. The van der Waals surface area contributed by atoms with Gasteiger partial charge in [0.2, 0.25) is 11.8 Å². The van der Waals surface area contributed by atoms with E-state index in [-0.39, 0.29) is 30.4 Å². The highest BCUT2D eigenvalue weighted by molar-refractivity contribution is 6.00. The number of amides is 2. The summed E-state index contributed by atoms with van der Waals surface area (Å²) in [5.41, 5.74) is 3.02. The topological polar surface area (TPSA) is 75.3 Å². The first kappa shape index (κ1) is 20.4. The highest BCUT2D eigenvalue weighted by Crippen LogP contribution is 2.16. The van der Waals surface area contributed by atoms with Gasteiger partial charge in [0.25, 0.3) is 0 Å². The van der Waals surface area contributed by atoms with Crippen molar-refractivity contribution in [3.05, 3.63) is 59.7 Å². The molecule has 0 saturated carbocycles. The van der Waals surface area contributed by atoms with Crippen molar-refractivity contribution >= 4 is 29.0 Å². The predicted octanol–water partition coefficient (Wildman–Crippen LogP) is 4.45. The molecule has 0 unspecified atom stereocenters. The van der Waals surface area contributed by atoms with Gasteiger partial charge in [-0.15, -0.1) is 0 Å². The molecule has 0 radical (unpaired) electrons. The van der Waals surface area contributed by atoms with Crippen LogP contribution in [0.3, 0.4) is 0 Å². The fourth-order valence-corrected chi connectivity index (χ4v) is 2.77. The molecule has 0 fully saturated rings. The standard InChI is InChI=1S/C22H26N2O3/c1-15(2)13-17-7-9-18(10-8-17)21(26)11-12-22(27)24-20-6-4-5-19(14-20)23-16(3)25/h4-10,14-15H,11-13H2,1-3H3,(H,23,25)(H,24,27). The Balaban J connectivity index is 1.86. The lowest BCUT2D eigenvalue weighted by molar-refractivity contribution is -0.116. The van der Waals surface area contributed by atoms with Crippen LogP contribution in [0.2, 0.25) is 0 Å². The first-order valence-corrected chi connectivity index (χ1v) is 9.13. The van der Waals surface area contributed by atoms with Gasteiger partial charge in [-0.05, 0) is 36.1 Å². The van der Waals surface area contributed by atoms with Crippen molar-refractivity contribution in [3.63, 3.8) is 0 Å². The van der Waals surface area contributed by atoms with Crippen LogP contribution in [-0.2, 0) is 16.0 Å². The maximum Gasteiger partial charge on any atom is 0.224 e. The van der Waals surface area contributed by atoms with Gasteiger partial charge in [-0.3, -0.25) is 14.4 Å². The minimum atomic E-state index is -0.236. The van der Waals surface area contributed by atoms with Crippen molar-refractivity contribution < 1.29 is 14.4 Å². The summed E-state index contributed by atoms with van der Waals surface area (Å²) in [5.74, 6) is 0.107. The largest absolute Gasteiger partial charge is 0.326 e. The second kappa shape index (κ2) is 9.67. The van der Waals surface area contributed by atoms with Gasteiger partial charge in [-0.25, -0.2) is 0 Å². The maximum absolute atomic E-state index is 12.3. The number of carbonyl (C=O) groups is 3. The van der Waals surface area contributed by atoms with E-state index in [4.69, 9.17) is 0 Å². The van der Waals surface area contributed by atoms with E-state index in [1.807, 2.05) is 24.3 Å². The molecule has 0 aromatic heterocycles. The lowest BCUT2D eigenvalue weighted by Crippen LogP contribution is -2.14. The Morgan fingerprint density at radius 1 is 0.889 bits per heavy atom. The summed E-state index contributed by atoms with van der Waals surface area (Å²) < 4.78 is 0. The summed E-state index contributed by atoms with van der Waals surface area (Å²) in [7, 11) is 0. The Morgan fingerprint density at radius 3 is 2.11 bits per heavy atom. The third-order valence-corrected chi connectivity index (χ3v) is 3.97. The molecule has 2 N–H and O–H groups in total. The van der Waals surface area contributed by atoms with E-state index in [1.54, 1.807) is 24.3 Å². The number of benzene rings is 2. The molecular weight excluding hydrogens is 340 g/mol. The van der Waals surface area contributed by atoms with Gasteiger partial charge in [0.15, 0.2) is 5.78 Å². The summed E-state index contributed by atoms with van der Waals surface area (Å²) in [5, 5.41) is 5.41. The fourth-order valence-electron chi connectivity index (χ4n) is 2.77. The summed E-state index contributed by atoms with van der Waals surface area (Å²) in [6, 6.07) is 14.5. The molecule has 2 aromatic carbocycles. The van der Waals surface area contributed by atoms with E-state index in [0.29, 0.717) is 22.9 Å². The molecule has 2 amide bonds. The summed E-state index contributed by atoms with van der Waals surface area (Å²) >= 11 is 0. The van der Waals surface area contributed by atoms with Gasteiger partial charge in [-0.2, -0.15) is 0 Å². The smallest absolute Gasteiger partial charge is 0.224 e. The van der Waals surface area contributed by atoms with Gasteiger partial charge in [0.05, 0.1) is 0 Å². The second-order valence-corrected chi connectivity index (χ2v) is 7.03. The van der Waals surface area contributed by atoms with Crippen LogP contribution >= 0.6 is 0 Å². The summed E-state index contributed by atoms with van der Waals surface area (Å²) in [6.45, 7) is 5.74. The molecule has 27 heavy (non-hydrogen) atoms. The Kier molecular flexibility index (Phi) is 7.29. The second-order valence-electron chi connectivity index (χ2n) is 7.03. The normalized spacial score (nSPS) is 10.5. The average Bonchev–Trinajstić information content (AvgIpc) is 2.59. The number of anilines is 2. The average molecular weight is 366 g/mol. The molecule has 2 aromatic rings. The first-order valence-electron chi connectivity index (χ1n) is 9.13. The van der Waals surface area contributed by atoms with Crippen LogP contribution in [0.4, 0.5) is 11.4 Å². The van der Waals surface area contributed by atoms with Crippen LogP contribution in [-0.4, -0.2) is 17.6 Å². The molecule has 0 heterocycles. The van der Waals surface area contributed by atoms with Gasteiger partial charge in [0.1, 0.15) is 0 Å². The predicted molar refractivity (Wildman–Crippen MR) is 108 cm³/mol. The quantitative estimate of drug-likeness (QED) is 0.678. The van der Waals surface area contributed by atoms with Crippen molar-refractivity contribution in [2.24, 2.45) is 5.92 Å². The molecule has 5 nitrogen and oxygen atoms in total. The van der Waals surface area contributed by atoms with Crippen LogP contribution in [0.5, 0.6) is 0 Å². The zero-order valence-corrected chi connectivity index (χ0v) is 16.0. The molecule has 0 aliphatic heterocycles. The molecule has 0 aliphatic rings. The Labute approximate surface area is 160 Å². The molecule has 0 spiro atoms.